The highest BCUT2D eigenvalue weighted by atomic mass is 32.2. The predicted octanol–water partition coefficient (Wildman–Crippen LogP) is 0.757. The molecule has 11 heteroatoms. The first kappa shape index (κ1) is 20.5. The van der Waals surface area contributed by atoms with Gasteiger partial charge in [-0.15, -0.1) is 0 Å². The molecular formula is C17H28N8O2S. The van der Waals surface area contributed by atoms with Crippen molar-refractivity contribution in [1.82, 2.24) is 29.5 Å². The van der Waals surface area contributed by atoms with E-state index in [0.717, 1.165) is 25.9 Å². The van der Waals surface area contributed by atoms with Crippen molar-refractivity contribution in [3.8, 4) is 0 Å². The van der Waals surface area contributed by atoms with Crippen LogP contribution in [0.5, 0.6) is 0 Å². The molecule has 1 aliphatic rings. The van der Waals surface area contributed by atoms with E-state index in [4.69, 9.17) is 0 Å². The Bertz CT molecular complexity index is 948. The summed E-state index contributed by atoms with van der Waals surface area (Å²) in [6.07, 6.45) is 3.41. The maximum absolute atomic E-state index is 12.8. The minimum Gasteiger partial charge on any atom is -0.347 e. The predicted molar refractivity (Wildman–Crippen MR) is 107 cm³/mol. The number of aryl methyl sites for hydroxylation is 2. The first-order valence-corrected chi connectivity index (χ1v) is 10.8. The normalized spacial score (nSPS) is 15.1. The molecule has 28 heavy (non-hydrogen) atoms. The molecule has 2 aromatic rings. The number of rotatable bonds is 6. The lowest BCUT2D eigenvalue weighted by Crippen LogP contribution is -2.33. The zero-order chi connectivity index (χ0) is 20.5. The molecule has 0 radical (unpaired) electrons. The van der Waals surface area contributed by atoms with E-state index < -0.39 is 10.0 Å². The number of hydrogen-bond acceptors (Lipinski definition) is 8. The van der Waals surface area contributed by atoms with Crippen LogP contribution in [0.25, 0.3) is 0 Å². The molecule has 0 atom stereocenters. The first-order chi connectivity index (χ1) is 13.2. The van der Waals surface area contributed by atoms with E-state index in [1.807, 2.05) is 14.1 Å². The summed E-state index contributed by atoms with van der Waals surface area (Å²) in [4.78, 5) is 17.6. The third kappa shape index (κ3) is 4.25. The largest absolute Gasteiger partial charge is 0.347 e. The van der Waals surface area contributed by atoms with Gasteiger partial charge < -0.3 is 9.80 Å². The molecule has 0 spiro atoms. The molecular weight excluding hydrogens is 380 g/mol. The molecule has 0 unspecified atom stereocenters. The third-order valence-electron chi connectivity index (χ3n) is 4.83. The van der Waals surface area contributed by atoms with Gasteiger partial charge in [0.2, 0.25) is 21.9 Å². The smallest absolute Gasteiger partial charge is 0.244 e. The standard InChI is InChI=1S/C17H28N8O2S/c1-12-15(13(2)24(5)22-12)28(26,27)18-11-14-19-16(23(3)4)21-17(20-14)25-9-7-6-8-10-25/h18H,6-11H2,1-5H3. The monoisotopic (exact) mass is 408 g/mol. The van der Waals surface area contributed by atoms with Gasteiger partial charge in [0.05, 0.1) is 17.9 Å². The van der Waals surface area contributed by atoms with Crippen LogP contribution >= 0.6 is 0 Å². The highest BCUT2D eigenvalue weighted by Crippen LogP contribution is 2.20. The van der Waals surface area contributed by atoms with E-state index in [0.29, 0.717) is 29.1 Å². The van der Waals surface area contributed by atoms with Crippen LogP contribution in [0.3, 0.4) is 0 Å². The molecule has 1 N–H and O–H groups in total. The number of nitrogens with one attached hydrogen (secondary N) is 1. The molecule has 10 nitrogen and oxygen atoms in total. The van der Waals surface area contributed by atoms with Crippen LogP contribution in [0, 0.1) is 13.8 Å². The molecule has 0 aliphatic carbocycles. The van der Waals surface area contributed by atoms with Crippen LogP contribution in [-0.4, -0.2) is 60.3 Å². The second kappa shape index (κ2) is 8.00. The first-order valence-electron chi connectivity index (χ1n) is 9.36. The number of aromatic nitrogens is 5. The molecule has 2 aromatic heterocycles. The molecule has 0 saturated carbocycles. The second-order valence-electron chi connectivity index (χ2n) is 7.24. The van der Waals surface area contributed by atoms with E-state index in [1.165, 1.54) is 6.42 Å². The maximum Gasteiger partial charge on any atom is 0.244 e. The minimum atomic E-state index is -3.73. The summed E-state index contributed by atoms with van der Waals surface area (Å²) in [5.41, 5.74) is 1.05. The fourth-order valence-corrected chi connectivity index (χ4v) is 4.70. The molecule has 3 rings (SSSR count). The molecule has 3 heterocycles. The van der Waals surface area contributed by atoms with Crippen molar-refractivity contribution in [3.05, 3.63) is 17.2 Å². The van der Waals surface area contributed by atoms with Crippen molar-refractivity contribution < 1.29 is 8.42 Å². The van der Waals surface area contributed by atoms with Crippen molar-refractivity contribution in [2.24, 2.45) is 7.05 Å². The van der Waals surface area contributed by atoms with Crippen molar-refractivity contribution in [1.29, 1.82) is 0 Å². The van der Waals surface area contributed by atoms with E-state index in [2.05, 4.69) is 29.7 Å². The van der Waals surface area contributed by atoms with Gasteiger partial charge in [0, 0.05) is 34.2 Å². The summed E-state index contributed by atoms with van der Waals surface area (Å²) >= 11 is 0. The molecule has 0 amide bonds. The van der Waals surface area contributed by atoms with E-state index >= 15 is 0 Å². The van der Waals surface area contributed by atoms with Gasteiger partial charge in [0.15, 0.2) is 5.82 Å². The fraction of sp³-hybridized carbons (Fsp3) is 0.647. The Kier molecular flexibility index (Phi) is 5.84. The summed E-state index contributed by atoms with van der Waals surface area (Å²) in [6, 6.07) is 0. The van der Waals surface area contributed by atoms with Gasteiger partial charge in [-0.05, 0) is 33.1 Å². The Balaban J connectivity index is 1.86. The van der Waals surface area contributed by atoms with Crippen LogP contribution in [-0.2, 0) is 23.6 Å². The lowest BCUT2D eigenvalue weighted by molar-refractivity contribution is 0.563. The lowest BCUT2D eigenvalue weighted by atomic mass is 10.1. The lowest BCUT2D eigenvalue weighted by Gasteiger charge is -2.27. The SMILES string of the molecule is Cc1nn(C)c(C)c1S(=O)(=O)NCc1nc(N(C)C)nc(N2CCCCC2)n1. The van der Waals surface area contributed by atoms with Gasteiger partial charge in [-0.2, -0.15) is 20.1 Å². The third-order valence-corrected chi connectivity index (χ3v) is 6.48. The molecule has 0 aromatic carbocycles. The topological polar surface area (TPSA) is 109 Å². The number of sulfonamides is 1. The summed E-state index contributed by atoms with van der Waals surface area (Å²) in [5.74, 6) is 1.50. The highest BCUT2D eigenvalue weighted by molar-refractivity contribution is 7.89. The van der Waals surface area contributed by atoms with Crippen LogP contribution < -0.4 is 14.5 Å². The Hall–Kier alpha value is -2.27. The van der Waals surface area contributed by atoms with E-state index in [-0.39, 0.29) is 11.4 Å². The second-order valence-corrected chi connectivity index (χ2v) is 8.95. The van der Waals surface area contributed by atoms with E-state index in [1.54, 1.807) is 30.5 Å². The van der Waals surface area contributed by atoms with Crippen LogP contribution in [0.15, 0.2) is 4.90 Å². The van der Waals surface area contributed by atoms with Crippen LogP contribution in [0.1, 0.15) is 36.5 Å². The van der Waals surface area contributed by atoms with Gasteiger partial charge in [-0.3, -0.25) is 4.68 Å². The van der Waals surface area contributed by atoms with Gasteiger partial charge in [-0.25, -0.2) is 13.1 Å². The zero-order valence-corrected chi connectivity index (χ0v) is 17.9. The average molecular weight is 409 g/mol. The summed E-state index contributed by atoms with van der Waals surface area (Å²) in [5, 5.41) is 4.19. The fourth-order valence-electron chi connectivity index (χ4n) is 3.28. The molecule has 1 aliphatic heterocycles. The maximum atomic E-state index is 12.8. The van der Waals surface area contributed by atoms with Crippen molar-refractivity contribution >= 4 is 21.9 Å². The molecule has 1 fully saturated rings. The number of nitrogens with zero attached hydrogens (tertiary/aromatic N) is 7. The Labute approximate surface area is 166 Å². The Morgan fingerprint density at radius 3 is 2.32 bits per heavy atom. The van der Waals surface area contributed by atoms with Crippen molar-refractivity contribution in [2.45, 2.75) is 44.6 Å². The number of piperidine rings is 1. The molecule has 154 valence electrons. The Morgan fingerprint density at radius 1 is 1.07 bits per heavy atom. The van der Waals surface area contributed by atoms with E-state index in [9.17, 15) is 8.42 Å². The van der Waals surface area contributed by atoms with Gasteiger partial charge >= 0.3 is 0 Å². The van der Waals surface area contributed by atoms with Gasteiger partial charge in [-0.1, -0.05) is 0 Å². The van der Waals surface area contributed by atoms with Crippen LogP contribution in [0.2, 0.25) is 0 Å². The average Bonchev–Trinajstić information content (AvgIpc) is 2.93. The number of anilines is 2. The van der Waals surface area contributed by atoms with Crippen molar-refractivity contribution in [2.75, 3.05) is 37.0 Å². The summed E-state index contributed by atoms with van der Waals surface area (Å²) in [6.45, 7) is 5.20. The Morgan fingerprint density at radius 2 is 1.75 bits per heavy atom. The summed E-state index contributed by atoms with van der Waals surface area (Å²) < 4.78 is 29.8. The minimum absolute atomic E-state index is 0.0136. The molecule has 1 saturated heterocycles. The highest BCUT2D eigenvalue weighted by Gasteiger charge is 2.24. The number of hydrogen-bond donors (Lipinski definition) is 1. The van der Waals surface area contributed by atoms with Gasteiger partial charge in [0.1, 0.15) is 4.90 Å². The quantitative estimate of drug-likeness (QED) is 0.746. The molecule has 0 bridgehead atoms. The van der Waals surface area contributed by atoms with Crippen LogP contribution in [0.4, 0.5) is 11.9 Å². The summed E-state index contributed by atoms with van der Waals surface area (Å²) in [7, 11) is 1.70. The van der Waals surface area contributed by atoms with Crippen molar-refractivity contribution in [3.63, 3.8) is 0 Å². The van der Waals surface area contributed by atoms with Gasteiger partial charge in [0.25, 0.3) is 0 Å². The zero-order valence-electron chi connectivity index (χ0n) is 17.1.